The predicted molar refractivity (Wildman–Crippen MR) is 77.5 cm³/mol. The van der Waals surface area contributed by atoms with Gasteiger partial charge in [0.1, 0.15) is 5.75 Å². The third kappa shape index (κ3) is 6.82. The number of nitrogens with one attached hydrogen (secondary N) is 2. The van der Waals surface area contributed by atoms with E-state index in [0.29, 0.717) is 19.5 Å². The zero-order valence-corrected chi connectivity index (χ0v) is 12.0. The largest absolute Gasteiger partial charge is 0.491 e. The van der Waals surface area contributed by atoms with Crippen molar-refractivity contribution in [1.82, 2.24) is 10.6 Å². The summed E-state index contributed by atoms with van der Waals surface area (Å²) >= 11 is 0. The molecule has 2 N–H and O–H groups in total. The molecule has 19 heavy (non-hydrogen) atoms. The Morgan fingerprint density at radius 2 is 1.89 bits per heavy atom. The molecule has 0 heterocycles. The lowest BCUT2D eigenvalue weighted by Crippen LogP contribution is -2.28. The number of carbonyl (C=O) groups is 1. The molecule has 0 fully saturated rings. The fourth-order valence-electron chi connectivity index (χ4n) is 1.68. The van der Waals surface area contributed by atoms with E-state index in [1.165, 1.54) is 5.56 Å². The molecule has 0 atom stereocenters. The third-order valence-electron chi connectivity index (χ3n) is 2.63. The van der Waals surface area contributed by atoms with Crippen LogP contribution in [0.4, 0.5) is 0 Å². The monoisotopic (exact) mass is 264 g/mol. The molecule has 4 heteroatoms. The van der Waals surface area contributed by atoms with Crippen molar-refractivity contribution in [3.05, 3.63) is 29.8 Å². The topological polar surface area (TPSA) is 50.4 Å². The summed E-state index contributed by atoms with van der Waals surface area (Å²) in [5, 5.41) is 5.86. The Kier molecular flexibility index (Phi) is 6.97. The van der Waals surface area contributed by atoms with Gasteiger partial charge in [-0.2, -0.15) is 0 Å². The van der Waals surface area contributed by atoms with E-state index in [2.05, 4.69) is 10.6 Å². The predicted octanol–water partition coefficient (Wildman–Crippen LogP) is 1.74. The fourth-order valence-corrected chi connectivity index (χ4v) is 1.68. The standard InChI is InChI=1S/C15H24N2O2/c1-12(2)19-14-6-4-13(5-7-14)8-11-17-15(18)9-10-16-3/h4-7,12,16H,8-11H2,1-3H3,(H,17,18). The van der Waals surface area contributed by atoms with E-state index in [9.17, 15) is 4.79 Å². The van der Waals surface area contributed by atoms with Crippen LogP contribution in [0.3, 0.4) is 0 Å². The minimum atomic E-state index is 0.0918. The minimum Gasteiger partial charge on any atom is -0.491 e. The Balaban J connectivity index is 2.28. The maximum absolute atomic E-state index is 11.4. The van der Waals surface area contributed by atoms with Crippen LogP contribution >= 0.6 is 0 Å². The van der Waals surface area contributed by atoms with Gasteiger partial charge in [-0.15, -0.1) is 0 Å². The van der Waals surface area contributed by atoms with E-state index in [0.717, 1.165) is 12.2 Å². The SMILES string of the molecule is CNCCC(=O)NCCc1ccc(OC(C)C)cc1. The average Bonchev–Trinajstić information content (AvgIpc) is 2.38. The van der Waals surface area contributed by atoms with E-state index in [4.69, 9.17) is 4.74 Å². The van der Waals surface area contributed by atoms with Gasteiger partial charge in [-0.25, -0.2) is 0 Å². The molecule has 0 aliphatic rings. The van der Waals surface area contributed by atoms with Gasteiger partial charge in [0.2, 0.25) is 5.91 Å². The zero-order chi connectivity index (χ0) is 14.1. The lowest BCUT2D eigenvalue weighted by molar-refractivity contribution is -0.120. The van der Waals surface area contributed by atoms with Crippen molar-refractivity contribution in [3.63, 3.8) is 0 Å². The van der Waals surface area contributed by atoms with E-state index >= 15 is 0 Å². The minimum absolute atomic E-state index is 0.0918. The summed E-state index contributed by atoms with van der Waals surface area (Å²) < 4.78 is 5.58. The smallest absolute Gasteiger partial charge is 0.221 e. The Hall–Kier alpha value is -1.55. The van der Waals surface area contributed by atoms with E-state index in [-0.39, 0.29) is 12.0 Å². The summed E-state index contributed by atoms with van der Waals surface area (Å²) in [6.07, 6.45) is 1.56. The summed E-state index contributed by atoms with van der Waals surface area (Å²) in [7, 11) is 1.84. The van der Waals surface area contributed by atoms with Crippen molar-refractivity contribution in [2.45, 2.75) is 32.8 Å². The molecule has 0 radical (unpaired) electrons. The Bertz CT molecular complexity index is 374. The van der Waals surface area contributed by atoms with Crippen molar-refractivity contribution in [2.24, 2.45) is 0 Å². The first-order chi connectivity index (χ1) is 9.11. The van der Waals surface area contributed by atoms with Crippen molar-refractivity contribution < 1.29 is 9.53 Å². The molecule has 1 aromatic carbocycles. The van der Waals surface area contributed by atoms with Gasteiger partial charge in [0.25, 0.3) is 0 Å². The summed E-state index contributed by atoms with van der Waals surface area (Å²) in [5.74, 6) is 0.978. The first-order valence-corrected chi connectivity index (χ1v) is 6.78. The molecule has 1 aromatic rings. The number of rotatable bonds is 8. The summed E-state index contributed by atoms with van der Waals surface area (Å²) in [6.45, 7) is 5.41. The lowest BCUT2D eigenvalue weighted by Gasteiger charge is -2.10. The van der Waals surface area contributed by atoms with Crippen LogP contribution < -0.4 is 15.4 Å². The van der Waals surface area contributed by atoms with Crippen LogP contribution in [0.15, 0.2) is 24.3 Å². The van der Waals surface area contributed by atoms with Gasteiger partial charge < -0.3 is 15.4 Å². The molecule has 4 nitrogen and oxygen atoms in total. The first kappa shape index (κ1) is 15.5. The van der Waals surface area contributed by atoms with Crippen LogP contribution in [0.1, 0.15) is 25.8 Å². The molecule has 1 amide bonds. The molecular formula is C15H24N2O2. The van der Waals surface area contributed by atoms with Crippen molar-refractivity contribution in [3.8, 4) is 5.75 Å². The Morgan fingerprint density at radius 1 is 1.21 bits per heavy atom. The second-order valence-electron chi connectivity index (χ2n) is 4.76. The number of benzene rings is 1. The second-order valence-corrected chi connectivity index (χ2v) is 4.76. The number of carbonyl (C=O) groups excluding carboxylic acids is 1. The molecule has 0 aliphatic heterocycles. The lowest BCUT2D eigenvalue weighted by atomic mass is 10.1. The van der Waals surface area contributed by atoms with Crippen LogP contribution in [0.25, 0.3) is 0 Å². The molecule has 0 spiro atoms. The number of amides is 1. The molecule has 1 rings (SSSR count). The van der Waals surface area contributed by atoms with E-state index < -0.39 is 0 Å². The van der Waals surface area contributed by atoms with Crippen LogP contribution in [0, 0.1) is 0 Å². The van der Waals surface area contributed by atoms with Crippen molar-refractivity contribution in [1.29, 1.82) is 0 Å². The van der Waals surface area contributed by atoms with Crippen molar-refractivity contribution in [2.75, 3.05) is 20.1 Å². The Labute approximate surface area is 115 Å². The number of hydrogen-bond donors (Lipinski definition) is 2. The van der Waals surface area contributed by atoms with Gasteiger partial charge in [-0.3, -0.25) is 4.79 Å². The molecule has 0 unspecified atom stereocenters. The molecule has 0 saturated carbocycles. The molecule has 0 saturated heterocycles. The van der Waals surface area contributed by atoms with Gasteiger partial charge in [-0.1, -0.05) is 12.1 Å². The number of hydrogen-bond acceptors (Lipinski definition) is 3. The highest BCUT2D eigenvalue weighted by Gasteiger charge is 2.01. The summed E-state index contributed by atoms with van der Waals surface area (Å²) in [6, 6.07) is 8.02. The van der Waals surface area contributed by atoms with E-state index in [1.807, 2.05) is 45.2 Å². The maximum Gasteiger partial charge on any atom is 0.221 e. The van der Waals surface area contributed by atoms with Gasteiger partial charge in [0.15, 0.2) is 0 Å². The average molecular weight is 264 g/mol. The van der Waals surface area contributed by atoms with Gasteiger partial charge in [0, 0.05) is 19.5 Å². The normalized spacial score (nSPS) is 10.5. The fraction of sp³-hybridized carbons (Fsp3) is 0.533. The van der Waals surface area contributed by atoms with Gasteiger partial charge in [0.05, 0.1) is 6.10 Å². The number of ether oxygens (including phenoxy) is 1. The first-order valence-electron chi connectivity index (χ1n) is 6.78. The van der Waals surface area contributed by atoms with E-state index in [1.54, 1.807) is 0 Å². The summed E-state index contributed by atoms with van der Waals surface area (Å²) in [5.41, 5.74) is 1.20. The van der Waals surface area contributed by atoms with Crippen LogP contribution in [-0.4, -0.2) is 32.1 Å². The Morgan fingerprint density at radius 3 is 2.47 bits per heavy atom. The molecule has 106 valence electrons. The zero-order valence-electron chi connectivity index (χ0n) is 12.0. The molecule has 0 aromatic heterocycles. The maximum atomic E-state index is 11.4. The van der Waals surface area contributed by atoms with Crippen LogP contribution in [0.5, 0.6) is 5.75 Å². The van der Waals surface area contributed by atoms with Crippen molar-refractivity contribution >= 4 is 5.91 Å². The highest BCUT2D eigenvalue weighted by molar-refractivity contribution is 5.76. The molecule has 0 bridgehead atoms. The molecular weight excluding hydrogens is 240 g/mol. The van der Waals surface area contributed by atoms with Crippen LogP contribution in [-0.2, 0) is 11.2 Å². The quantitative estimate of drug-likeness (QED) is 0.752. The highest BCUT2D eigenvalue weighted by Crippen LogP contribution is 2.13. The molecule has 0 aliphatic carbocycles. The third-order valence-corrected chi connectivity index (χ3v) is 2.63. The van der Waals surface area contributed by atoms with Crippen LogP contribution in [0.2, 0.25) is 0 Å². The second kappa shape index (κ2) is 8.53. The summed E-state index contributed by atoms with van der Waals surface area (Å²) in [4.78, 5) is 11.4. The van der Waals surface area contributed by atoms with Gasteiger partial charge >= 0.3 is 0 Å². The van der Waals surface area contributed by atoms with Gasteiger partial charge in [-0.05, 0) is 45.0 Å². The highest BCUT2D eigenvalue weighted by atomic mass is 16.5.